The molecule has 1 atom stereocenters. The molecule has 1 aromatic rings. The summed E-state index contributed by atoms with van der Waals surface area (Å²) in [7, 11) is 0. The molecule has 1 aliphatic heterocycles. The average Bonchev–Trinajstić information content (AvgIpc) is 2.21. The van der Waals surface area contributed by atoms with E-state index in [2.05, 4.69) is 24.3 Å². The molecule has 1 saturated heterocycles. The van der Waals surface area contributed by atoms with E-state index in [0.717, 1.165) is 13.0 Å². The van der Waals surface area contributed by atoms with Crippen molar-refractivity contribution >= 4 is 19.4 Å². The van der Waals surface area contributed by atoms with Gasteiger partial charge in [-0.25, -0.2) is 0 Å². The molecule has 1 unspecified atom stereocenters. The number of hydrogen-bond donors (Lipinski definition) is 0. The van der Waals surface area contributed by atoms with E-state index in [0.29, 0.717) is 26.8 Å². The van der Waals surface area contributed by atoms with Gasteiger partial charge >= 0.3 is 84.0 Å². The molecule has 0 bridgehead atoms. The second kappa shape index (κ2) is 4.77. The molecular formula is C10H12O2Se. The molecule has 2 rings (SSSR count). The van der Waals surface area contributed by atoms with Crippen molar-refractivity contribution in [2.75, 3.05) is 13.4 Å². The molecule has 3 heteroatoms. The Balaban J connectivity index is 1.90. The maximum absolute atomic E-state index is 5.49. The molecule has 0 radical (unpaired) electrons. The van der Waals surface area contributed by atoms with E-state index in [1.807, 2.05) is 6.07 Å². The van der Waals surface area contributed by atoms with Gasteiger partial charge in [0.25, 0.3) is 0 Å². The summed E-state index contributed by atoms with van der Waals surface area (Å²) in [6.45, 7) is 1.32. The predicted molar refractivity (Wildman–Crippen MR) is 52.1 cm³/mol. The Bertz CT molecular complexity index is 244. The van der Waals surface area contributed by atoms with Crippen molar-refractivity contribution in [1.82, 2.24) is 0 Å². The Hall–Kier alpha value is -0.341. The molecular weight excluding hydrogens is 231 g/mol. The number of rotatable bonds is 2. The van der Waals surface area contributed by atoms with E-state index in [9.17, 15) is 0 Å². The van der Waals surface area contributed by atoms with E-state index in [-0.39, 0.29) is 0 Å². The first-order chi connectivity index (χ1) is 6.45. The van der Waals surface area contributed by atoms with Crippen molar-refractivity contribution in [3.8, 4) is 0 Å². The standard InChI is InChI=1S/C10H12O2Se/c1-2-4-9(5-3-1)13-10-6-7-11-8-12-10/h1-5,10H,6-8H2. The summed E-state index contributed by atoms with van der Waals surface area (Å²) in [4.78, 5) is 0. The van der Waals surface area contributed by atoms with Crippen LogP contribution < -0.4 is 4.46 Å². The predicted octanol–water partition coefficient (Wildman–Crippen LogP) is 0.737. The minimum atomic E-state index is 0.406. The topological polar surface area (TPSA) is 18.5 Å². The summed E-state index contributed by atoms with van der Waals surface area (Å²) in [5.41, 5.74) is 0. The van der Waals surface area contributed by atoms with Crippen LogP contribution in [0.15, 0.2) is 30.3 Å². The molecule has 0 saturated carbocycles. The Labute approximate surface area is 84.4 Å². The monoisotopic (exact) mass is 244 g/mol. The Morgan fingerprint density at radius 1 is 1.23 bits per heavy atom. The summed E-state index contributed by atoms with van der Waals surface area (Å²) < 4.78 is 12.0. The van der Waals surface area contributed by atoms with Gasteiger partial charge in [-0.05, 0) is 0 Å². The number of ether oxygens (including phenoxy) is 2. The summed E-state index contributed by atoms with van der Waals surface area (Å²) in [6.07, 6.45) is 1.04. The Kier molecular flexibility index (Phi) is 3.39. The van der Waals surface area contributed by atoms with E-state index in [1.54, 1.807) is 0 Å². The van der Waals surface area contributed by atoms with Crippen molar-refractivity contribution in [1.29, 1.82) is 0 Å². The third-order valence-electron chi connectivity index (χ3n) is 1.85. The van der Waals surface area contributed by atoms with Gasteiger partial charge in [-0.3, -0.25) is 0 Å². The van der Waals surface area contributed by atoms with Crippen LogP contribution in [0.4, 0.5) is 0 Å². The van der Waals surface area contributed by atoms with Gasteiger partial charge in [0.15, 0.2) is 0 Å². The maximum atomic E-state index is 5.49. The Morgan fingerprint density at radius 3 is 2.77 bits per heavy atom. The van der Waals surface area contributed by atoms with E-state index < -0.39 is 0 Å². The van der Waals surface area contributed by atoms with Crippen molar-refractivity contribution in [3.63, 3.8) is 0 Å². The van der Waals surface area contributed by atoms with Crippen LogP contribution in [0.3, 0.4) is 0 Å². The van der Waals surface area contributed by atoms with Crippen LogP contribution in [0.5, 0.6) is 0 Å². The fourth-order valence-electron chi connectivity index (χ4n) is 1.19. The molecule has 1 aromatic carbocycles. The normalized spacial score (nSPS) is 22.9. The van der Waals surface area contributed by atoms with Gasteiger partial charge < -0.3 is 0 Å². The van der Waals surface area contributed by atoms with Gasteiger partial charge in [-0.2, -0.15) is 0 Å². The number of hydrogen-bond acceptors (Lipinski definition) is 2. The molecule has 0 spiro atoms. The van der Waals surface area contributed by atoms with Gasteiger partial charge in [0, 0.05) is 0 Å². The molecule has 0 aliphatic carbocycles. The van der Waals surface area contributed by atoms with E-state index >= 15 is 0 Å². The van der Waals surface area contributed by atoms with Crippen LogP contribution in [0, 0.1) is 0 Å². The van der Waals surface area contributed by atoms with Crippen molar-refractivity contribution < 1.29 is 9.47 Å². The zero-order valence-corrected chi connectivity index (χ0v) is 9.02. The first-order valence-electron chi connectivity index (χ1n) is 4.36. The van der Waals surface area contributed by atoms with Crippen LogP contribution in [0.2, 0.25) is 0 Å². The quantitative estimate of drug-likeness (QED) is 0.713. The molecule has 0 amide bonds. The molecule has 1 heterocycles. The summed E-state index contributed by atoms with van der Waals surface area (Å²) in [6, 6.07) is 10.5. The van der Waals surface area contributed by atoms with Gasteiger partial charge in [0.2, 0.25) is 0 Å². The first kappa shape index (κ1) is 9.22. The van der Waals surface area contributed by atoms with E-state index in [4.69, 9.17) is 9.47 Å². The summed E-state index contributed by atoms with van der Waals surface area (Å²) >= 11 is 0.436. The van der Waals surface area contributed by atoms with Crippen LogP contribution in [-0.4, -0.2) is 33.4 Å². The molecule has 0 aromatic heterocycles. The third kappa shape index (κ3) is 2.81. The fourth-order valence-corrected chi connectivity index (χ4v) is 3.19. The molecule has 0 N–H and O–H groups in total. The van der Waals surface area contributed by atoms with Crippen molar-refractivity contribution in [2.24, 2.45) is 0 Å². The van der Waals surface area contributed by atoms with Crippen molar-refractivity contribution in [3.05, 3.63) is 30.3 Å². The van der Waals surface area contributed by atoms with Crippen molar-refractivity contribution in [2.45, 2.75) is 11.4 Å². The van der Waals surface area contributed by atoms with Crippen LogP contribution in [0.25, 0.3) is 0 Å². The van der Waals surface area contributed by atoms with Gasteiger partial charge in [0.1, 0.15) is 0 Å². The summed E-state index contributed by atoms with van der Waals surface area (Å²) in [5, 5.41) is 0.406. The second-order valence-electron chi connectivity index (χ2n) is 2.84. The van der Waals surface area contributed by atoms with Gasteiger partial charge in [-0.15, -0.1) is 0 Å². The SMILES string of the molecule is c1ccc([Se]C2CCOCO2)cc1. The zero-order chi connectivity index (χ0) is 8.93. The fraction of sp³-hybridized carbons (Fsp3) is 0.400. The van der Waals surface area contributed by atoms with Gasteiger partial charge in [0.05, 0.1) is 0 Å². The zero-order valence-electron chi connectivity index (χ0n) is 7.31. The van der Waals surface area contributed by atoms with Gasteiger partial charge in [-0.1, -0.05) is 0 Å². The average molecular weight is 243 g/mol. The second-order valence-corrected chi connectivity index (χ2v) is 5.43. The van der Waals surface area contributed by atoms with Crippen LogP contribution in [0.1, 0.15) is 6.42 Å². The molecule has 70 valence electrons. The minimum absolute atomic E-state index is 0.406. The van der Waals surface area contributed by atoms with E-state index in [1.165, 1.54) is 4.46 Å². The first-order valence-corrected chi connectivity index (χ1v) is 6.21. The molecule has 1 fully saturated rings. The number of benzene rings is 1. The third-order valence-corrected chi connectivity index (χ3v) is 4.32. The summed E-state index contributed by atoms with van der Waals surface area (Å²) in [5.74, 6) is 0. The molecule has 13 heavy (non-hydrogen) atoms. The Morgan fingerprint density at radius 2 is 2.08 bits per heavy atom. The van der Waals surface area contributed by atoms with Crippen LogP contribution >= 0.6 is 0 Å². The molecule has 2 nitrogen and oxygen atoms in total. The molecule has 1 aliphatic rings. The van der Waals surface area contributed by atoms with Crippen LogP contribution in [-0.2, 0) is 9.47 Å².